The minimum Gasteiger partial charge on any atom is -0.478 e. The molecule has 2 heteroatoms. The molecule has 0 aliphatic heterocycles. The van der Waals surface area contributed by atoms with E-state index in [-0.39, 0.29) is 0 Å². The van der Waals surface area contributed by atoms with Crippen LogP contribution in [0.1, 0.15) is 16.7 Å². The van der Waals surface area contributed by atoms with Gasteiger partial charge in [-0.25, -0.2) is 4.79 Å². The lowest BCUT2D eigenvalue weighted by atomic mass is 9.85. The Kier molecular flexibility index (Phi) is 2.92. The van der Waals surface area contributed by atoms with Crippen LogP contribution in [0.4, 0.5) is 0 Å². The maximum atomic E-state index is 10.5. The molecule has 1 aliphatic carbocycles. The Morgan fingerprint density at radius 1 is 1.00 bits per heavy atom. The van der Waals surface area contributed by atoms with E-state index in [0.717, 1.165) is 18.4 Å². The van der Waals surface area contributed by atoms with Crippen LogP contribution in [0.15, 0.2) is 48.5 Å². The number of fused-ring (bicyclic) bond motifs is 3. The Hall–Kier alpha value is -2.35. The SMILES string of the molecule is O=C(O)C=Cc1ccc2c(c1)CCc1ccccc1-2. The Morgan fingerprint density at radius 2 is 1.74 bits per heavy atom. The maximum Gasteiger partial charge on any atom is 0.328 e. The molecule has 0 spiro atoms. The van der Waals surface area contributed by atoms with Crippen LogP contribution in [-0.2, 0) is 17.6 Å². The number of carboxylic acids is 1. The third-order valence-electron chi connectivity index (χ3n) is 3.52. The summed E-state index contributed by atoms with van der Waals surface area (Å²) in [5, 5.41) is 8.66. The van der Waals surface area contributed by atoms with Gasteiger partial charge < -0.3 is 5.11 Å². The monoisotopic (exact) mass is 250 g/mol. The number of carbonyl (C=O) groups is 1. The summed E-state index contributed by atoms with van der Waals surface area (Å²) in [6, 6.07) is 14.6. The van der Waals surface area contributed by atoms with Crippen molar-refractivity contribution in [2.45, 2.75) is 12.8 Å². The Labute approximate surface area is 112 Å². The molecule has 0 atom stereocenters. The highest BCUT2D eigenvalue weighted by molar-refractivity contribution is 5.85. The summed E-state index contributed by atoms with van der Waals surface area (Å²) >= 11 is 0. The quantitative estimate of drug-likeness (QED) is 0.827. The molecule has 2 aromatic carbocycles. The first-order chi connectivity index (χ1) is 9.24. The molecule has 94 valence electrons. The molecule has 1 aliphatic rings. The van der Waals surface area contributed by atoms with Crippen LogP contribution in [0.25, 0.3) is 17.2 Å². The van der Waals surface area contributed by atoms with Crippen LogP contribution < -0.4 is 0 Å². The van der Waals surface area contributed by atoms with Gasteiger partial charge in [0.15, 0.2) is 0 Å². The molecule has 0 amide bonds. The van der Waals surface area contributed by atoms with Gasteiger partial charge in [0.25, 0.3) is 0 Å². The molecule has 0 radical (unpaired) electrons. The Morgan fingerprint density at radius 3 is 2.58 bits per heavy atom. The van der Waals surface area contributed by atoms with Crippen molar-refractivity contribution in [1.82, 2.24) is 0 Å². The smallest absolute Gasteiger partial charge is 0.328 e. The van der Waals surface area contributed by atoms with Crippen molar-refractivity contribution < 1.29 is 9.90 Å². The number of carboxylic acid groups (broad SMARTS) is 1. The van der Waals surface area contributed by atoms with Crippen molar-refractivity contribution in [3.8, 4) is 11.1 Å². The molecular weight excluding hydrogens is 236 g/mol. The standard InChI is InChI=1S/C17H14O2/c18-17(19)10-6-12-5-9-16-14(11-12)8-7-13-3-1-2-4-15(13)16/h1-6,9-11H,7-8H2,(H,18,19). The predicted molar refractivity (Wildman–Crippen MR) is 76.0 cm³/mol. The van der Waals surface area contributed by atoms with Gasteiger partial charge in [-0.1, -0.05) is 42.5 Å². The number of aryl methyl sites for hydroxylation is 2. The molecule has 0 unspecified atom stereocenters. The fourth-order valence-electron chi connectivity index (χ4n) is 2.62. The maximum absolute atomic E-state index is 10.5. The lowest BCUT2D eigenvalue weighted by Crippen LogP contribution is -2.03. The van der Waals surface area contributed by atoms with Gasteiger partial charge in [-0.3, -0.25) is 0 Å². The van der Waals surface area contributed by atoms with Gasteiger partial charge >= 0.3 is 5.97 Å². The highest BCUT2D eigenvalue weighted by Crippen LogP contribution is 2.33. The molecule has 0 fully saturated rings. The molecule has 3 rings (SSSR count). The van der Waals surface area contributed by atoms with Crippen LogP contribution in [-0.4, -0.2) is 11.1 Å². The molecule has 2 aromatic rings. The van der Waals surface area contributed by atoms with E-state index in [1.807, 2.05) is 6.07 Å². The van der Waals surface area contributed by atoms with Gasteiger partial charge in [0.2, 0.25) is 0 Å². The summed E-state index contributed by atoms with van der Waals surface area (Å²) in [6.45, 7) is 0. The van der Waals surface area contributed by atoms with E-state index in [1.165, 1.54) is 28.3 Å². The third kappa shape index (κ3) is 2.29. The molecule has 0 saturated carbocycles. The first kappa shape index (κ1) is 11.7. The summed E-state index contributed by atoms with van der Waals surface area (Å²) in [5.74, 6) is -0.914. The number of hydrogen-bond acceptors (Lipinski definition) is 1. The number of hydrogen-bond donors (Lipinski definition) is 1. The van der Waals surface area contributed by atoms with E-state index in [1.54, 1.807) is 6.08 Å². The second kappa shape index (κ2) is 4.73. The predicted octanol–water partition coefficient (Wildman–Crippen LogP) is 3.55. The van der Waals surface area contributed by atoms with Gasteiger partial charge in [-0.2, -0.15) is 0 Å². The average molecular weight is 250 g/mol. The molecule has 19 heavy (non-hydrogen) atoms. The summed E-state index contributed by atoms with van der Waals surface area (Å²) in [4.78, 5) is 10.5. The minimum atomic E-state index is -0.914. The van der Waals surface area contributed by atoms with E-state index in [9.17, 15) is 4.79 Å². The lowest BCUT2D eigenvalue weighted by molar-refractivity contribution is -0.131. The normalized spacial score (nSPS) is 13.1. The van der Waals surface area contributed by atoms with Gasteiger partial charge in [-0.05, 0) is 46.7 Å². The first-order valence-electron chi connectivity index (χ1n) is 6.36. The van der Waals surface area contributed by atoms with Crippen LogP contribution >= 0.6 is 0 Å². The second-order valence-electron chi connectivity index (χ2n) is 4.75. The minimum absolute atomic E-state index is 0.914. The van der Waals surface area contributed by atoms with Gasteiger partial charge in [-0.15, -0.1) is 0 Å². The topological polar surface area (TPSA) is 37.3 Å². The van der Waals surface area contributed by atoms with Crippen molar-refractivity contribution >= 4 is 12.0 Å². The zero-order valence-corrected chi connectivity index (χ0v) is 10.5. The lowest BCUT2D eigenvalue weighted by Gasteiger charge is -2.20. The summed E-state index contributed by atoms with van der Waals surface area (Å²) < 4.78 is 0. The van der Waals surface area contributed by atoms with E-state index in [2.05, 4.69) is 36.4 Å². The molecule has 1 N–H and O–H groups in total. The largest absolute Gasteiger partial charge is 0.478 e. The van der Waals surface area contributed by atoms with Crippen molar-refractivity contribution in [1.29, 1.82) is 0 Å². The highest BCUT2D eigenvalue weighted by atomic mass is 16.4. The number of rotatable bonds is 2. The Bertz CT molecular complexity index is 669. The highest BCUT2D eigenvalue weighted by Gasteiger charge is 2.15. The fraction of sp³-hybridized carbons (Fsp3) is 0.118. The summed E-state index contributed by atoms with van der Waals surface area (Å²) in [6.07, 6.45) is 4.89. The van der Waals surface area contributed by atoms with Crippen molar-refractivity contribution in [2.24, 2.45) is 0 Å². The molecule has 0 aromatic heterocycles. The van der Waals surface area contributed by atoms with Gasteiger partial charge in [0.1, 0.15) is 0 Å². The van der Waals surface area contributed by atoms with Crippen molar-refractivity contribution in [3.63, 3.8) is 0 Å². The zero-order chi connectivity index (χ0) is 13.2. The van der Waals surface area contributed by atoms with E-state index < -0.39 is 5.97 Å². The van der Waals surface area contributed by atoms with Crippen LogP contribution in [0.2, 0.25) is 0 Å². The third-order valence-corrected chi connectivity index (χ3v) is 3.52. The van der Waals surface area contributed by atoms with E-state index >= 15 is 0 Å². The van der Waals surface area contributed by atoms with E-state index in [0.29, 0.717) is 0 Å². The van der Waals surface area contributed by atoms with Crippen LogP contribution in [0, 0.1) is 0 Å². The number of aliphatic carboxylic acids is 1. The van der Waals surface area contributed by atoms with Crippen LogP contribution in [0.5, 0.6) is 0 Å². The Balaban J connectivity index is 2.03. The fourth-order valence-corrected chi connectivity index (χ4v) is 2.62. The average Bonchev–Trinajstić information content (AvgIpc) is 2.44. The van der Waals surface area contributed by atoms with Crippen molar-refractivity contribution in [3.05, 3.63) is 65.2 Å². The molecule has 2 nitrogen and oxygen atoms in total. The van der Waals surface area contributed by atoms with Gasteiger partial charge in [0, 0.05) is 6.08 Å². The zero-order valence-electron chi connectivity index (χ0n) is 10.5. The molecule has 0 bridgehead atoms. The molecule has 0 saturated heterocycles. The first-order valence-corrected chi connectivity index (χ1v) is 6.36. The van der Waals surface area contributed by atoms with Gasteiger partial charge in [0.05, 0.1) is 0 Å². The van der Waals surface area contributed by atoms with Crippen molar-refractivity contribution in [2.75, 3.05) is 0 Å². The number of benzene rings is 2. The van der Waals surface area contributed by atoms with Crippen LogP contribution in [0.3, 0.4) is 0 Å². The second-order valence-corrected chi connectivity index (χ2v) is 4.75. The van der Waals surface area contributed by atoms with E-state index in [4.69, 9.17) is 5.11 Å². The molecular formula is C17H14O2. The molecule has 0 heterocycles. The summed E-state index contributed by atoms with van der Waals surface area (Å²) in [5.41, 5.74) is 6.21. The summed E-state index contributed by atoms with van der Waals surface area (Å²) in [7, 11) is 0.